The molecule has 19 heavy (non-hydrogen) atoms. The molecular weight excluding hydrogens is 274 g/mol. The molecule has 2 aromatic rings. The maximum atomic E-state index is 10.5. The van der Waals surface area contributed by atoms with Crippen LogP contribution in [-0.4, -0.2) is 23.1 Å². The van der Waals surface area contributed by atoms with Crippen LogP contribution in [0.4, 0.5) is 10.5 Å². The molecule has 7 heteroatoms. The molecule has 3 N–H and O–H groups in total. The van der Waals surface area contributed by atoms with E-state index in [0.29, 0.717) is 23.3 Å². The number of carboxylic acid groups (broad SMARTS) is 1. The zero-order valence-electron chi connectivity index (χ0n) is 10.1. The first-order valence-electron chi connectivity index (χ1n) is 5.28. The van der Waals surface area contributed by atoms with Crippen molar-refractivity contribution < 1.29 is 23.8 Å². The van der Waals surface area contributed by atoms with Crippen molar-refractivity contribution in [2.45, 2.75) is 6.92 Å². The van der Waals surface area contributed by atoms with E-state index in [1.807, 2.05) is 0 Å². The quantitative estimate of drug-likeness (QED) is 0.649. The van der Waals surface area contributed by atoms with Gasteiger partial charge in [-0.15, -0.1) is 0 Å². The number of carbonyl (C=O) groups is 2. The number of nitrogen functional groups attached to an aromatic ring is 1. The van der Waals surface area contributed by atoms with E-state index < -0.39 is 11.4 Å². The Morgan fingerprint density at radius 1 is 1.42 bits per heavy atom. The number of aromatic carboxylic acids is 1. The smallest absolute Gasteiger partial charge is 0.403 e. The maximum absolute atomic E-state index is 10.5. The highest BCUT2D eigenvalue weighted by Gasteiger charge is 2.09. The summed E-state index contributed by atoms with van der Waals surface area (Å²) >= 11 is 4.72. The maximum Gasteiger partial charge on any atom is 0.403 e. The van der Waals surface area contributed by atoms with Crippen LogP contribution in [0.5, 0.6) is 0 Å². The number of rotatable bonds is 2. The third-order valence-electron chi connectivity index (χ3n) is 2.01. The third-order valence-corrected chi connectivity index (χ3v) is 2.12. The lowest BCUT2D eigenvalue weighted by atomic mass is 10.2. The fourth-order valence-corrected chi connectivity index (χ4v) is 1.39. The van der Waals surface area contributed by atoms with Crippen LogP contribution in [0.3, 0.4) is 0 Å². The van der Waals surface area contributed by atoms with Gasteiger partial charge in [-0.25, -0.2) is 9.59 Å². The third kappa shape index (κ3) is 4.51. The fourth-order valence-electron chi connectivity index (χ4n) is 1.28. The van der Waals surface area contributed by atoms with Crippen molar-refractivity contribution in [1.82, 2.24) is 0 Å². The van der Waals surface area contributed by atoms with E-state index in [0.717, 1.165) is 0 Å². The van der Waals surface area contributed by atoms with Gasteiger partial charge in [0.05, 0.1) is 6.61 Å². The predicted octanol–water partition coefficient (Wildman–Crippen LogP) is 3.09. The van der Waals surface area contributed by atoms with Crippen LogP contribution < -0.4 is 5.73 Å². The second-order valence-corrected chi connectivity index (χ2v) is 3.69. The minimum Gasteiger partial charge on any atom is -0.475 e. The highest BCUT2D eigenvalue weighted by atomic mass is 35.5. The molecule has 1 aromatic heterocycles. The second kappa shape index (κ2) is 6.65. The first kappa shape index (κ1) is 14.8. The number of furan rings is 1. The number of fused-ring (bicyclic) bond motifs is 1. The molecule has 102 valence electrons. The number of carbonyl (C=O) groups excluding carboxylic acids is 1. The summed E-state index contributed by atoms with van der Waals surface area (Å²) in [5.41, 5.74) is 5.90. The van der Waals surface area contributed by atoms with E-state index in [2.05, 4.69) is 4.74 Å². The number of hydrogen-bond acceptors (Lipinski definition) is 5. The first-order valence-corrected chi connectivity index (χ1v) is 5.66. The Kier molecular flexibility index (Phi) is 5.20. The zero-order chi connectivity index (χ0) is 14.4. The second-order valence-electron chi connectivity index (χ2n) is 3.38. The Morgan fingerprint density at radius 3 is 2.58 bits per heavy atom. The van der Waals surface area contributed by atoms with E-state index in [4.69, 9.17) is 26.9 Å². The molecule has 0 fully saturated rings. The average molecular weight is 286 g/mol. The lowest BCUT2D eigenvalue weighted by Crippen LogP contribution is -1.91. The highest BCUT2D eigenvalue weighted by Crippen LogP contribution is 2.21. The zero-order valence-corrected chi connectivity index (χ0v) is 10.8. The van der Waals surface area contributed by atoms with E-state index in [9.17, 15) is 9.59 Å². The molecule has 0 aliphatic carbocycles. The number of ether oxygens (including phenoxy) is 1. The lowest BCUT2D eigenvalue weighted by molar-refractivity contribution is 0.0665. The average Bonchev–Trinajstić information content (AvgIpc) is 2.72. The highest BCUT2D eigenvalue weighted by molar-refractivity contribution is 6.61. The molecular formula is C12H12ClNO5. The van der Waals surface area contributed by atoms with Crippen LogP contribution in [-0.2, 0) is 4.74 Å². The molecule has 0 radical (unpaired) electrons. The molecule has 0 aliphatic heterocycles. The van der Waals surface area contributed by atoms with Crippen LogP contribution in [0.15, 0.2) is 28.7 Å². The van der Waals surface area contributed by atoms with Gasteiger partial charge in [0.15, 0.2) is 0 Å². The van der Waals surface area contributed by atoms with Crippen molar-refractivity contribution in [1.29, 1.82) is 0 Å². The molecule has 6 nitrogen and oxygen atoms in total. The number of halogens is 1. The Labute approximate surface area is 113 Å². The van der Waals surface area contributed by atoms with Gasteiger partial charge in [0, 0.05) is 22.7 Å². The van der Waals surface area contributed by atoms with E-state index >= 15 is 0 Å². The summed E-state index contributed by atoms with van der Waals surface area (Å²) in [5, 5.41) is 9.34. The van der Waals surface area contributed by atoms with E-state index in [1.165, 1.54) is 6.07 Å². The minimum absolute atomic E-state index is 0.0689. The fraction of sp³-hybridized carbons (Fsp3) is 0.167. The summed E-state index contributed by atoms with van der Waals surface area (Å²) in [6.45, 7) is 2.04. The van der Waals surface area contributed by atoms with Gasteiger partial charge >= 0.3 is 11.4 Å². The van der Waals surface area contributed by atoms with Crippen molar-refractivity contribution in [3.63, 3.8) is 0 Å². The Bertz CT molecular complexity index is 593. The largest absolute Gasteiger partial charge is 0.475 e. The lowest BCUT2D eigenvalue weighted by Gasteiger charge is -1.89. The van der Waals surface area contributed by atoms with Gasteiger partial charge in [-0.05, 0) is 31.2 Å². The van der Waals surface area contributed by atoms with Gasteiger partial charge in [0.2, 0.25) is 5.76 Å². The number of benzene rings is 1. The Morgan fingerprint density at radius 2 is 2.11 bits per heavy atom. The topological polar surface area (TPSA) is 103 Å². The molecule has 1 aromatic carbocycles. The van der Waals surface area contributed by atoms with E-state index in [-0.39, 0.29) is 5.76 Å². The summed E-state index contributed by atoms with van der Waals surface area (Å²) in [5.74, 6) is -1.14. The van der Waals surface area contributed by atoms with Crippen LogP contribution in [0, 0.1) is 0 Å². The molecule has 0 atom stereocenters. The van der Waals surface area contributed by atoms with Crippen LogP contribution in [0.1, 0.15) is 17.5 Å². The van der Waals surface area contributed by atoms with Crippen molar-refractivity contribution in [3.05, 3.63) is 30.0 Å². The monoisotopic (exact) mass is 285 g/mol. The summed E-state index contributed by atoms with van der Waals surface area (Å²) in [6.07, 6.45) is 0. The number of carboxylic acids is 1. The standard InChI is InChI=1S/C9H7NO3.C3H5ClO2/c10-6-1-2-7-5(3-6)4-8(13-7)9(11)12;1-2-6-3(4)5/h1-4H,10H2,(H,11,12);2H2,1H3. The van der Waals surface area contributed by atoms with Crippen molar-refractivity contribution in [2.75, 3.05) is 12.3 Å². The van der Waals surface area contributed by atoms with Gasteiger partial charge < -0.3 is 20.0 Å². The van der Waals surface area contributed by atoms with Gasteiger partial charge in [-0.2, -0.15) is 0 Å². The molecule has 0 saturated carbocycles. The molecule has 0 saturated heterocycles. The summed E-state index contributed by atoms with van der Waals surface area (Å²) in [4.78, 5) is 20.1. The Hall–Kier alpha value is -2.21. The molecule has 2 rings (SSSR count). The van der Waals surface area contributed by atoms with Gasteiger partial charge in [0.25, 0.3) is 0 Å². The predicted molar refractivity (Wildman–Crippen MR) is 70.5 cm³/mol. The van der Waals surface area contributed by atoms with E-state index in [1.54, 1.807) is 25.1 Å². The number of nitrogens with two attached hydrogens (primary N) is 1. The number of hydrogen-bond donors (Lipinski definition) is 2. The number of anilines is 1. The van der Waals surface area contributed by atoms with Crippen LogP contribution in [0.2, 0.25) is 0 Å². The van der Waals surface area contributed by atoms with Crippen LogP contribution in [0.25, 0.3) is 11.0 Å². The molecule has 0 spiro atoms. The van der Waals surface area contributed by atoms with Crippen molar-refractivity contribution in [2.24, 2.45) is 0 Å². The molecule has 0 unspecified atom stereocenters. The molecule has 0 bridgehead atoms. The normalized spacial score (nSPS) is 9.58. The van der Waals surface area contributed by atoms with Crippen molar-refractivity contribution >= 4 is 39.7 Å². The molecule has 0 aliphatic rings. The molecule has 0 amide bonds. The van der Waals surface area contributed by atoms with Gasteiger partial charge in [-0.1, -0.05) is 0 Å². The molecule has 1 heterocycles. The van der Waals surface area contributed by atoms with Crippen LogP contribution >= 0.6 is 11.6 Å². The Balaban J connectivity index is 0.000000258. The first-order chi connectivity index (χ1) is 8.93. The van der Waals surface area contributed by atoms with Gasteiger partial charge in [0.1, 0.15) is 5.58 Å². The summed E-state index contributed by atoms with van der Waals surface area (Å²) in [6, 6.07) is 6.44. The minimum atomic E-state index is -1.07. The summed E-state index contributed by atoms with van der Waals surface area (Å²) in [7, 11) is 0. The summed E-state index contributed by atoms with van der Waals surface area (Å²) < 4.78 is 9.20. The van der Waals surface area contributed by atoms with Gasteiger partial charge in [-0.3, -0.25) is 0 Å². The SMILES string of the molecule is CCOC(=O)Cl.Nc1ccc2oc(C(=O)O)cc2c1. The van der Waals surface area contributed by atoms with Crippen molar-refractivity contribution in [3.8, 4) is 0 Å².